The average Bonchev–Trinajstić information content (AvgIpc) is 2.78. The summed E-state index contributed by atoms with van der Waals surface area (Å²) in [5.74, 6) is 0. The van der Waals surface area contributed by atoms with Crippen LogP contribution < -0.4 is 5.73 Å². The third-order valence-electron chi connectivity index (χ3n) is 3.49. The van der Waals surface area contributed by atoms with Crippen LogP contribution >= 0.6 is 11.3 Å². The predicted molar refractivity (Wildman–Crippen MR) is 66.1 cm³/mol. The summed E-state index contributed by atoms with van der Waals surface area (Å²) in [5.41, 5.74) is 7.63. The number of rotatable bonds is 3. The summed E-state index contributed by atoms with van der Waals surface area (Å²) in [5, 5.41) is 4.37. The van der Waals surface area contributed by atoms with E-state index in [2.05, 4.69) is 35.6 Å². The van der Waals surface area contributed by atoms with Crippen LogP contribution in [0.1, 0.15) is 38.3 Å². The Hall–Kier alpha value is -0.380. The van der Waals surface area contributed by atoms with E-state index < -0.39 is 0 Å². The van der Waals surface area contributed by atoms with Crippen LogP contribution in [-0.4, -0.2) is 23.5 Å². The standard InChI is InChI=1S/C12H20N2S/c1-12(2)5-3-6-14(12)11(8-13)10-4-7-15-9-10/h4,7,9,11H,3,5-6,8,13H2,1-2H3. The molecule has 2 rings (SSSR count). The van der Waals surface area contributed by atoms with Gasteiger partial charge in [-0.2, -0.15) is 11.3 Å². The molecule has 15 heavy (non-hydrogen) atoms. The van der Waals surface area contributed by atoms with Crippen LogP contribution in [0.25, 0.3) is 0 Å². The van der Waals surface area contributed by atoms with Crippen molar-refractivity contribution in [2.45, 2.75) is 38.3 Å². The Kier molecular flexibility index (Phi) is 3.14. The number of hydrogen-bond donors (Lipinski definition) is 1. The molecule has 1 aromatic heterocycles. The fraction of sp³-hybridized carbons (Fsp3) is 0.667. The molecule has 0 bridgehead atoms. The third-order valence-corrected chi connectivity index (χ3v) is 4.19. The van der Waals surface area contributed by atoms with Crippen molar-refractivity contribution in [1.29, 1.82) is 0 Å². The first-order valence-electron chi connectivity index (χ1n) is 5.64. The van der Waals surface area contributed by atoms with Crippen LogP contribution in [0, 0.1) is 0 Å². The lowest BCUT2D eigenvalue weighted by Gasteiger charge is -2.37. The zero-order valence-corrected chi connectivity index (χ0v) is 10.4. The summed E-state index contributed by atoms with van der Waals surface area (Å²) in [6, 6.07) is 2.62. The SMILES string of the molecule is CC1(C)CCCN1C(CN)c1ccsc1. The zero-order valence-electron chi connectivity index (χ0n) is 9.57. The van der Waals surface area contributed by atoms with Crippen LogP contribution in [-0.2, 0) is 0 Å². The number of hydrogen-bond acceptors (Lipinski definition) is 3. The largest absolute Gasteiger partial charge is 0.329 e. The van der Waals surface area contributed by atoms with E-state index in [1.807, 2.05) is 0 Å². The second-order valence-corrected chi connectivity index (χ2v) is 5.70. The van der Waals surface area contributed by atoms with Gasteiger partial charge in [-0.25, -0.2) is 0 Å². The van der Waals surface area contributed by atoms with Crippen LogP contribution in [0.5, 0.6) is 0 Å². The summed E-state index contributed by atoms with van der Waals surface area (Å²) < 4.78 is 0. The lowest BCUT2D eigenvalue weighted by Crippen LogP contribution is -2.43. The fourth-order valence-electron chi connectivity index (χ4n) is 2.61. The minimum Gasteiger partial charge on any atom is -0.329 e. The maximum absolute atomic E-state index is 5.93. The van der Waals surface area contributed by atoms with Gasteiger partial charge in [0.15, 0.2) is 0 Å². The fourth-order valence-corrected chi connectivity index (χ4v) is 3.32. The van der Waals surface area contributed by atoms with E-state index in [4.69, 9.17) is 5.73 Å². The highest BCUT2D eigenvalue weighted by molar-refractivity contribution is 7.07. The smallest absolute Gasteiger partial charge is 0.0483 e. The van der Waals surface area contributed by atoms with Crippen LogP contribution in [0.3, 0.4) is 0 Å². The van der Waals surface area contributed by atoms with Crippen molar-refractivity contribution in [3.8, 4) is 0 Å². The molecule has 1 aliphatic rings. The quantitative estimate of drug-likeness (QED) is 0.855. The first-order valence-corrected chi connectivity index (χ1v) is 6.58. The Morgan fingerprint density at radius 1 is 1.60 bits per heavy atom. The molecule has 1 saturated heterocycles. The van der Waals surface area contributed by atoms with Crippen molar-refractivity contribution in [1.82, 2.24) is 4.90 Å². The molecule has 1 aliphatic heterocycles. The molecule has 0 radical (unpaired) electrons. The second-order valence-electron chi connectivity index (χ2n) is 4.92. The van der Waals surface area contributed by atoms with Gasteiger partial charge >= 0.3 is 0 Å². The van der Waals surface area contributed by atoms with E-state index in [1.165, 1.54) is 24.9 Å². The molecular weight excluding hydrogens is 204 g/mol. The van der Waals surface area contributed by atoms with Gasteiger partial charge in [-0.15, -0.1) is 0 Å². The number of nitrogens with zero attached hydrogens (tertiary/aromatic N) is 1. The van der Waals surface area contributed by atoms with Crippen molar-refractivity contribution < 1.29 is 0 Å². The highest BCUT2D eigenvalue weighted by atomic mass is 32.1. The molecule has 0 aromatic carbocycles. The second kappa shape index (κ2) is 4.24. The number of likely N-dealkylation sites (tertiary alicyclic amines) is 1. The monoisotopic (exact) mass is 224 g/mol. The minimum absolute atomic E-state index is 0.311. The summed E-state index contributed by atoms with van der Waals surface area (Å²) in [6.45, 7) is 6.56. The van der Waals surface area contributed by atoms with Gasteiger partial charge in [0.25, 0.3) is 0 Å². The third kappa shape index (κ3) is 2.10. The van der Waals surface area contributed by atoms with Gasteiger partial charge < -0.3 is 5.73 Å². The molecule has 84 valence electrons. The predicted octanol–water partition coefficient (Wildman–Crippen LogP) is 2.62. The first kappa shape index (κ1) is 11.1. The average molecular weight is 224 g/mol. The molecule has 1 aromatic rings. The molecule has 1 unspecified atom stereocenters. The Labute approximate surface area is 96.1 Å². The molecular formula is C12H20N2S. The van der Waals surface area contributed by atoms with Gasteiger partial charge in [0.05, 0.1) is 0 Å². The summed E-state index contributed by atoms with van der Waals surface area (Å²) >= 11 is 1.76. The highest BCUT2D eigenvalue weighted by Gasteiger charge is 2.36. The molecule has 3 heteroatoms. The van der Waals surface area contributed by atoms with Gasteiger partial charge in [-0.05, 0) is 55.6 Å². The van der Waals surface area contributed by atoms with Crippen molar-refractivity contribution in [2.24, 2.45) is 5.73 Å². The molecule has 2 nitrogen and oxygen atoms in total. The molecule has 2 heterocycles. The summed E-state index contributed by atoms with van der Waals surface area (Å²) in [4.78, 5) is 2.56. The Bertz CT molecular complexity index is 305. The Morgan fingerprint density at radius 3 is 2.87 bits per heavy atom. The van der Waals surface area contributed by atoms with Crippen molar-refractivity contribution >= 4 is 11.3 Å². The van der Waals surface area contributed by atoms with E-state index in [9.17, 15) is 0 Å². The number of thiophene rings is 1. The van der Waals surface area contributed by atoms with Crippen LogP contribution in [0.2, 0.25) is 0 Å². The first-order chi connectivity index (χ1) is 7.15. The molecule has 0 aliphatic carbocycles. The summed E-state index contributed by atoms with van der Waals surface area (Å²) in [7, 11) is 0. The Balaban J connectivity index is 2.20. The lowest BCUT2D eigenvalue weighted by molar-refractivity contribution is 0.119. The van der Waals surface area contributed by atoms with Crippen LogP contribution in [0.15, 0.2) is 16.8 Å². The number of nitrogens with two attached hydrogens (primary N) is 1. The maximum atomic E-state index is 5.93. The highest BCUT2D eigenvalue weighted by Crippen LogP contribution is 2.36. The van der Waals surface area contributed by atoms with Crippen molar-refractivity contribution in [3.05, 3.63) is 22.4 Å². The molecule has 1 atom stereocenters. The van der Waals surface area contributed by atoms with Gasteiger partial charge in [-0.3, -0.25) is 4.90 Å². The minimum atomic E-state index is 0.311. The van der Waals surface area contributed by atoms with E-state index in [1.54, 1.807) is 11.3 Å². The van der Waals surface area contributed by atoms with Crippen molar-refractivity contribution in [2.75, 3.05) is 13.1 Å². The normalized spacial score (nSPS) is 23.1. The maximum Gasteiger partial charge on any atom is 0.0483 e. The summed E-state index contributed by atoms with van der Waals surface area (Å²) in [6.07, 6.45) is 2.58. The molecule has 0 spiro atoms. The zero-order chi connectivity index (χ0) is 10.9. The van der Waals surface area contributed by atoms with Gasteiger partial charge in [0.1, 0.15) is 0 Å². The lowest BCUT2D eigenvalue weighted by atomic mass is 9.98. The topological polar surface area (TPSA) is 29.3 Å². The van der Waals surface area contributed by atoms with Gasteiger partial charge in [0.2, 0.25) is 0 Å². The van der Waals surface area contributed by atoms with Crippen LogP contribution in [0.4, 0.5) is 0 Å². The van der Waals surface area contributed by atoms with E-state index >= 15 is 0 Å². The van der Waals surface area contributed by atoms with E-state index in [-0.39, 0.29) is 0 Å². The molecule has 0 saturated carbocycles. The Morgan fingerprint density at radius 2 is 2.40 bits per heavy atom. The molecule has 2 N–H and O–H groups in total. The molecule has 0 amide bonds. The van der Waals surface area contributed by atoms with E-state index in [0.29, 0.717) is 11.6 Å². The van der Waals surface area contributed by atoms with Crippen molar-refractivity contribution in [3.63, 3.8) is 0 Å². The van der Waals surface area contributed by atoms with Gasteiger partial charge in [0, 0.05) is 18.1 Å². The van der Waals surface area contributed by atoms with Gasteiger partial charge in [-0.1, -0.05) is 0 Å². The van der Waals surface area contributed by atoms with E-state index in [0.717, 1.165) is 6.54 Å². The molecule has 1 fully saturated rings.